The molecule has 12 heteroatoms. The van der Waals surface area contributed by atoms with Crippen LogP contribution in [0.5, 0.6) is 0 Å². The number of hydrogen-bond acceptors (Lipinski definition) is 9. The molecular formula is C27H39N7O5. The molecule has 1 aromatic heterocycles. The first-order valence-corrected chi connectivity index (χ1v) is 12.9. The summed E-state index contributed by atoms with van der Waals surface area (Å²) in [6.07, 6.45) is 2.75. The van der Waals surface area contributed by atoms with Gasteiger partial charge >= 0.3 is 5.97 Å². The van der Waals surface area contributed by atoms with Crippen LogP contribution in [-0.4, -0.2) is 58.9 Å². The monoisotopic (exact) mass is 541 g/mol. The van der Waals surface area contributed by atoms with Gasteiger partial charge in [-0.25, -0.2) is 4.98 Å². The zero-order valence-corrected chi connectivity index (χ0v) is 23.2. The fraction of sp³-hybridized carbons (Fsp3) is 0.481. The van der Waals surface area contributed by atoms with Gasteiger partial charge in [0.25, 0.3) is 5.91 Å². The maximum atomic E-state index is 12.8. The highest BCUT2D eigenvalue weighted by Gasteiger charge is 2.22. The van der Waals surface area contributed by atoms with Crippen LogP contribution < -0.4 is 27.0 Å². The van der Waals surface area contributed by atoms with E-state index in [9.17, 15) is 19.2 Å². The van der Waals surface area contributed by atoms with E-state index >= 15 is 0 Å². The van der Waals surface area contributed by atoms with Gasteiger partial charge in [0.05, 0.1) is 6.42 Å². The Morgan fingerprint density at radius 1 is 1.03 bits per heavy atom. The molecule has 0 aliphatic rings. The van der Waals surface area contributed by atoms with Gasteiger partial charge in [0, 0.05) is 43.0 Å². The van der Waals surface area contributed by atoms with Crippen molar-refractivity contribution in [1.29, 1.82) is 0 Å². The highest BCUT2D eigenvalue weighted by Crippen LogP contribution is 2.18. The molecule has 1 heterocycles. The van der Waals surface area contributed by atoms with Crippen LogP contribution in [0.3, 0.4) is 0 Å². The van der Waals surface area contributed by atoms with Gasteiger partial charge in [-0.3, -0.25) is 19.2 Å². The number of hydrogen-bond donors (Lipinski definition) is 5. The van der Waals surface area contributed by atoms with Gasteiger partial charge in [-0.05, 0) is 57.9 Å². The average Bonchev–Trinajstić information content (AvgIpc) is 2.86. The number of nitrogens with one attached hydrogen (secondary N) is 4. The van der Waals surface area contributed by atoms with Crippen molar-refractivity contribution in [3.8, 4) is 0 Å². The van der Waals surface area contributed by atoms with Crippen molar-refractivity contribution < 1.29 is 23.9 Å². The topological polar surface area (TPSA) is 177 Å². The molecule has 0 aliphatic heterocycles. The number of ether oxygens (including phenoxy) is 1. The minimum atomic E-state index is -0.598. The SMILES string of the molecule is CCCNc1nc(Nc2ccc(C(N)=O)cc2)ncc1C(=O)NCCCNC(=O)[C@H](C)CC(=O)OC(C)(C)C. The van der Waals surface area contributed by atoms with Crippen LogP contribution in [-0.2, 0) is 14.3 Å². The third-order valence-electron chi connectivity index (χ3n) is 5.28. The lowest BCUT2D eigenvalue weighted by Crippen LogP contribution is -2.34. The first-order chi connectivity index (χ1) is 18.4. The van der Waals surface area contributed by atoms with Gasteiger partial charge in [0.1, 0.15) is 17.0 Å². The van der Waals surface area contributed by atoms with Crippen molar-refractivity contribution in [1.82, 2.24) is 20.6 Å². The Kier molecular flexibility index (Phi) is 11.6. The number of nitrogens with two attached hydrogens (primary N) is 1. The van der Waals surface area contributed by atoms with Crippen LogP contribution >= 0.6 is 0 Å². The van der Waals surface area contributed by atoms with E-state index in [1.165, 1.54) is 6.20 Å². The lowest BCUT2D eigenvalue weighted by atomic mass is 10.1. The van der Waals surface area contributed by atoms with Crippen molar-refractivity contribution in [3.63, 3.8) is 0 Å². The Labute approximate surface area is 228 Å². The summed E-state index contributed by atoms with van der Waals surface area (Å²) in [7, 11) is 0. The predicted molar refractivity (Wildman–Crippen MR) is 149 cm³/mol. The van der Waals surface area contributed by atoms with E-state index in [1.54, 1.807) is 52.0 Å². The molecular weight excluding hydrogens is 502 g/mol. The highest BCUT2D eigenvalue weighted by atomic mass is 16.6. The number of rotatable bonds is 14. The number of amides is 3. The second-order valence-electron chi connectivity index (χ2n) is 10.0. The van der Waals surface area contributed by atoms with E-state index in [1.807, 2.05) is 6.92 Å². The number of benzene rings is 1. The smallest absolute Gasteiger partial charge is 0.307 e. The molecule has 0 unspecified atom stereocenters. The molecule has 1 aromatic carbocycles. The van der Waals surface area contributed by atoms with Crippen LogP contribution in [0.15, 0.2) is 30.5 Å². The summed E-state index contributed by atoms with van der Waals surface area (Å²) in [6.45, 7) is 10.3. The number of esters is 1. The molecule has 3 amide bonds. The van der Waals surface area contributed by atoms with E-state index in [2.05, 4.69) is 31.2 Å². The quantitative estimate of drug-likeness (QED) is 0.178. The Bertz CT molecular complexity index is 1150. The number of carbonyl (C=O) groups is 4. The Morgan fingerprint density at radius 2 is 1.69 bits per heavy atom. The molecule has 39 heavy (non-hydrogen) atoms. The molecule has 12 nitrogen and oxygen atoms in total. The van der Waals surface area contributed by atoms with E-state index in [4.69, 9.17) is 10.5 Å². The van der Waals surface area contributed by atoms with Crippen molar-refractivity contribution >= 4 is 41.1 Å². The second kappa shape index (κ2) is 14.6. The number of aromatic nitrogens is 2. The van der Waals surface area contributed by atoms with Gasteiger partial charge in [-0.2, -0.15) is 4.98 Å². The summed E-state index contributed by atoms with van der Waals surface area (Å²) >= 11 is 0. The third kappa shape index (κ3) is 11.0. The summed E-state index contributed by atoms with van der Waals surface area (Å²) in [4.78, 5) is 56.9. The molecule has 2 rings (SSSR count). The van der Waals surface area contributed by atoms with Crippen molar-refractivity contribution in [2.24, 2.45) is 11.7 Å². The minimum Gasteiger partial charge on any atom is -0.460 e. The van der Waals surface area contributed by atoms with Crippen molar-refractivity contribution in [3.05, 3.63) is 41.6 Å². The first kappa shape index (κ1) is 31.0. The number of carbonyl (C=O) groups excluding carboxylic acids is 4. The number of anilines is 3. The van der Waals surface area contributed by atoms with Crippen molar-refractivity contribution in [2.75, 3.05) is 30.3 Å². The standard InChI is InChI=1S/C27H39N7O5/c1-6-12-29-23-20(16-32-26(34-23)33-19-10-8-18(9-11-19)22(28)36)25(38)31-14-7-13-30-24(37)17(2)15-21(35)39-27(3,4)5/h8-11,16-17H,6-7,12-15H2,1-5H3,(H2,28,36)(H,30,37)(H,31,38)(H2,29,32,33,34)/t17-/m1/s1. The molecule has 212 valence electrons. The van der Waals surface area contributed by atoms with Crippen LogP contribution in [0.1, 0.15) is 74.6 Å². The normalized spacial score (nSPS) is 11.7. The van der Waals surface area contributed by atoms with Gasteiger partial charge in [-0.1, -0.05) is 13.8 Å². The fourth-order valence-corrected chi connectivity index (χ4v) is 3.33. The van der Waals surface area contributed by atoms with E-state index in [-0.39, 0.29) is 29.7 Å². The molecule has 0 fully saturated rings. The Morgan fingerprint density at radius 3 is 2.31 bits per heavy atom. The Balaban J connectivity index is 1.87. The molecule has 6 N–H and O–H groups in total. The van der Waals surface area contributed by atoms with Gasteiger partial charge in [0.2, 0.25) is 17.8 Å². The molecule has 0 bridgehead atoms. The van der Waals surface area contributed by atoms with E-state index in [0.29, 0.717) is 43.1 Å². The summed E-state index contributed by atoms with van der Waals surface area (Å²) in [5, 5.41) is 11.8. The van der Waals surface area contributed by atoms with Gasteiger partial charge in [0.15, 0.2) is 0 Å². The van der Waals surface area contributed by atoms with Crippen molar-refractivity contribution in [2.45, 2.75) is 59.5 Å². The lowest BCUT2D eigenvalue weighted by molar-refractivity contribution is -0.157. The summed E-state index contributed by atoms with van der Waals surface area (Å²) in [6, 6.07) is 6.54. The highest BCUT2D eigenvalue weighted by molar-refractivity contribution is 5.98. The zero-order valence-electron chi connectivity index (χ0n) is 23.2. The van der Waals surface area contributed by atoms with Crippen LogP contribution in [0, 0.1) is 5.92 Å². The second-order valence-corrected chi connectivity index (χ2v) is 10.0. The summed E-state index contributed by atoms with van der Waals surface area (Å²) in [5.41, 5.74) is 6.00. The lowest BCUT2D eigenvalue weighted by Gasteiger charge is -2.20. The maximum Gasteiger partial charge on any atom is 0.307 e. The summed E-state index contributed by atoms with van der Waals surface area (Å²) < 4.78 is 5.25. The Hall–Kier alpha value is -4.22. The number of primary amides is 1. The average molecular weight is 542 g/mol. The molecule has 0 radical (unpaired) electrons. The van der Waals surface area contributed by atoms with Crippen LogP contribution in [0.4, 0.5) is 17.5 Å². The molecule has 0 saturated heterocycles. The largest absolute Gasteiger partial charge is 0.460 e. The molecule has 0 saturated carbocycles. The predicted octanol–water partition coefficient (Wildman–Crippen LogP) is 2.75. The first-order valence-electron chi connectivity index (χ1n) is 12.9. The minimum absolute atomic E-state index is 0.00306. The van der Waals surface area contributed by atoms with Gasteiger partial charge < -0.3 is 31.7 Å². The number of nitrogens with zero attached hydrogens (tertiary/aromatic N) is 2. The molecule has 0 spiro atoms. The molecule has 2 aromatic rings. The maximum absolute atomic E-state index is 12.8. The zero-order chi connectivity index (χ0) is 29.0. The van der Waals surface area contributed by atoms with Gasteiger partial charge in [-0.15, -0.1) is 0 Å². The van der Waals surface area contributed by atoms with E-state index < -0.39 is 23.4 Å². The third-order valence-corrected chi connectivity index (χ3v) is 5.28. The van der Waals surface area contributed by atoms with E-state index in [0.717, 1.165) is 6.42 Å². The fourth-order valence-electron chi connectivity index (χ4n) is 3.33. The molecule has 1 atom stereocenters. The van der Waals surface area contributed by atoms with Crippen LogP contribution in [0.2, 0.25) is 0 Å². The van der Waals surface area contributed by atoms with Crippen LogP contribution in [0.25, 0.3) is 0 Å². The summed E-state index contributed by atoms with van der Waals surface area (Å²) in [5.74, 6) is -1.41. The molecule has 0 aliphatic carbocycles.